The number of ketones is 1. The molecule has 0 atom stereocenters. The molecule has 0 spiro atoms. The Morgan fingerprint density at radius 3 is 2.40 bits per heavy atom. The van der Waals surface area contributed by atoms with Crippen LogP contribution in [0.4, 0.5) is 0 Å². The fourth-order valence-corrected chi connectivity index (χ4v) is 1.17. The summed E-state index contributed by atoms with van der Waals surface area (Å²) >= 11 is 0. The summed E-state index contributed by atoms with van der Waals surface area (Å²) < 4.78 is 5.42. The smallest absolute Gasteiger partial charge is 0.188 e. The Kier molecular flexibility index (Phi) is 4.10. The summed E-state index contributed by atoms with van der Waals surface area (Å²) in [7, 11) is 0. The Bertz CT molecular complexity index is 349. The Balaban J connectivity index is 2.72. The van der Waals surface area contributed by atoms with E-state index in [0.29, 0.717) is 17.7 Å². The first kappa shape index (κ1) is 11.5. The first-order valence-electron chi connectivity index (χ1n) is 5.08. The molecule has 0 saturated heterocycles. The number of hydrogen-bond acceptors (Lipinski definition) is 2. The molecule has 0 aliphatic carbocycles. The molecule has 0 aliphatic heterocycles. The fourth-order valence-electron chi connectivity index (χ4n) is 1.17. The molecule has 0 bridgehead atoms. The highest BCUT2D eigenvalue weighted by molar-refractivity contribution is 6.07. The predicted molar refractivity (Wildman–Crippen MR) is 61.4 cm³/mol. The number of hydrogen-bond donors (Lipinski definition) is 0. The van der Waals surface area contributed by atoms with E-state index in [1.165, 1.54) is 0 Å². The van der Waals surface area contributed by atoms with Gasteiger partial charge in [0.15, 0.2) is 5.78 Å². The molecule has 1 aromatic rings. The van der Waals surface area contributed by atoms with Gasteiger partial charge >= 0.3 is 0 Å². The number of carbonyl (C=O) groups excluding carboxylic acids is 1. The van der Waals surface area contributed by atoms with Crippen LogP contribution >= 0.6 is 0 Å². The molecule has 0 N–H and O–H groups in total. The maximum absolute atomic E-state index is 11.5. The Morgan fingerprint density at radius 2 is 1.93 bits per heavy atom. The standard InChI is InChI=1S/C13H16O2/c1-4-9-15-12-7-5-11(6-8-12)13(14)10(2)3/h5-8H,2,4,9H2,1,3H3. The summed E-state index contributed by atoms with van der Waals surface area (Å²) in [5, 5.41) is 0. The summed E-state index contributed by atoms with van der Waals surface area (Å²) in [6.45, 7) is 8.09. The van der Waals surface area contributed by atoms with Crippen molar-refractivity contribution >= 4 is 5.78 Å². The van der Waals surface area contributed by atoms with E-state index in [4.69, 9.17) is 4.74 Å². The minimum absolute atomic E-state index is 0.0166. The number of ether oxygens (including phenoxy) is 1. The van der Waals surface area contributed by atoms with E-state index >= 15 is 0 Å². The summed E-state index contributed by atoms with van der Waals surface area (Å²) in [5.41, 5.74) is 1.21. The van der Waals surface area contributed by atoms with E-state index < -0.39 is 0 Å². The second-order valence-electron chi connectivity index (χ2n) is 3.48. The van der Waals surface area contributed by atoms with Crippen molar-refractivity contribution in [2.24, 2.45) is 0 Å². The molecule has 0 unspecified atom stereocenters. The van der Waals surface area contributed by atoms with E-state index in [1.54, 1.807) is 19.1 Å². The molecular weight excluding hydrogens is 188 g/mol. The van der Waals surface area contributed by atoms with Gasteiger partial charge in [-0.25, -0.2) is 0 Å². The lowest BCUT2D eigenvalue weighted by Crippen LogP contribution is -2.00. The van der Waals surface area contributed by atoms with Gasteiger partial charge in [-0.15, -0.1) is 0 Å². The molecule has 15 heavy (non-hydrogen) atoms. The molecule has 0 radical (unpaired) electrons. The van der Waals surface area contributed by atoms with Crippen molar-refractivity contribution < 1.29 is 9.53 Å². The minimum atomic E-state index is -0.0166. The molecule has 2 heteroatoms. The van der Waals surface area contributed by atoms with Crippen LogP contribution < -0.4 is 4.74 Å². The Labute approximate surface area is 90.6 Å². The highest BCUT2D eigenvalue weighted by Crippen LogP contribution is 2.14. The highest BCUT2D eigenvalue weighted by Gasteiger charge is 2.05. The van der Waals surface area contributed by atoms with Gasteiger partial charge in [-0.3, -0.25) is 4.79 Å². The van der Waals surface area contributed by atoms with Gasteiger partial charge < -0.3 is 4.74 Å². The zero-order chi connectivity index (χ0) is 11.3. The Morgan fingerprint density at radius 1 is 1.33 bits per heavy atom. The van der Waals surface area contributed by atoms with Gasteiger partial charge in [-0.1, -0.05) is 13.5 Å². The number of carbonyl (C=O) groups is 1. The molecule has 0 aliphatic rings. The van der Waals surface area contributed by atoms with Crippen molar-refractivity contribution in [3.05, 3.63) is 42.0 Å². The number of rotatable bonds is 5. The van der Waals surface area contributed by atoms with Crippen LogP contribution in [0.25, 0.3) is 0 Å². The predicted octanol–water partition coefficient (Wildman–Crippen LogP) is 3.23. The summed E-state index contributed by atoms with van der Waals surface area (Å²) in [4.78, 5) is 11.5. The van der Waals surface area contributed by atoms with Gasteiger partial charge in [-0.2, -0.15) is 0 Å². The average Bonchev–Trinajstić information content (AvgIpc) is 2.26. The molecule has 2 nitrogen and oxygen atoms in total. The van der Waals surface area contributed by atoms with Gasteiger partial charge in [0.05, 0.1) is 6.61 Å². The third kappa shape index (κ3) is 3.24. The van der Waals surface area contributed by atoms with Crippen molar-refractivity contribution in [1.82, 2.24) is 0 Å². The summed E-state index contributed by atoms with van der Waals surface area (Å²) in [5.74, 6) is 0.784. The molecule has 0 amide bonds. The van der Waals surface area contributed by atoms with E-state index in [-0.39, 0.29) is 5.78 Å². The first-order chi connectivity index (χ1) is 7.15. The highest BCUT2D eigenvalue weighted by atomic mass is 16.5. The SMILES string of the molecule is C=C(C)C(=O)c1ccc(OCCC)cc1. The van der Waals surface area contributed by atoms with Crippen molar-refractivity contribution in [2.45, 2.75) is 20.3 Å². The van der Waals surface area contributed by atoms with Crippen LogP contribution in [-0.2, 0) is 0 Å². The monoisotopic (exact) mass is 204 g/mol. The lowest BCUT2D eigenvalue weighted by molar-refractivity contribution is 0.103. The van der Waals surface area contributed by atoms with Gasteiger partial charge in [0.1, 0.15) is 5.75 Å². The third-order valence-electron chi connectivity index (χ3n) is 1.98. The molecule has 1 aromatic carbocycles. The number of Topliss-reactive ketones (excluding diaryl/α,β-unsaturated/α-hetero) is 1. The van der Waals surface area contributed by atoms with Crippen molar-refractivity contribution in [3.8, 4) is 5.75 Å². The van der Waals surface area contributed by atoms with Crippen LogP contribution in [-0.4, -0.2) is 12.4 Å². The van der Waals surface area contributed by atoms with Crippen LogP contribution in [0.5, 0.6) is 5.75 Å². The molecule has 0 saturated carbocycles. The molecule has 0 heterocycles. The van der Waals surface area contributed by atoms with E-state index in [0.717, 1.165) is 12.2 Å². The molecule has 80 valence electrons. The lowest BCUT2D eigenvalue weighted by Gasteiger charge is -2.05. The second-order valence-corrected chi connectivity index (χ2v) is 3.48. The zero-order valence-corrected chi connectivity index (χ0v) is 9.25. The summed E-state index contributed by atoms with van der Waals surface area (Å²) in [6, 6.07) is 7.15. The fraction of sp³-hybridized carbons (Fsp3) is 0.308. The topological polar surface area (TPSA) is 26.3 Å². The van der Waals surface area contributed by atoms with Crippen LogP contribution in [0.1, 0.15) is 30.6 Å². The largest absolute Gasteiger partial charge is 0.494 e. The quantitative estimate of drug-likeness (QED) is 0.543. The van der Waals surface area contributed by atoms with Crippen molar-refractivity contribution in [3.63, 3.8) is 0 Å². The maximum atomic E-state index is 11.5. The van der Waals surface area contributed by atoms with Gasteiger partial charge in [0.2, 0.25) is 0 Å². The van der Waals surface area contributed by atoms with Gasteiger partial charge in [0.25, 0.3) is 0 Å². The number of allylic oxidation sites excluding steroid dienone is 1. The molecule has 0 fully saturated rings. The van der Waals surface area contributed by atoms with E-state index in [2.05, 4.69) is 13.5 Å². The molecule has 1 rings (SSSR count). The molecular formula is C13H16O2. The van der Waals surface area contributed by atoms with Crippen LogP contribution in [0.3, 0.4) is 0 Å². The third-order valence-corrected chi connectivity index (χ3v) is 1.98. The average molecular weight is 204 g/mol. The first-order valence-corrected chi connectivity index (χ1v) is 5.08. The normalized spacial score (nSPS) is 9.73. The maximum Gasteiger partial charge on any atom is 0.188 e. The second kappa shape index (κ2) is 5.35. The van der Waals surface area contributed by atoms with E-state index in [9.17, 15) is 4.79 Å². The number of benzene rings is 1. The summed E-state index contributed by atoms with van der Waals surface area (Å²) in [6.07, 6.45) is 0.979. The Hall–Kier alpha value is -1.57. The van der Waals surface area contributed by atoms with Gasteiger partial charge in [0, 0.05) is 5.56 Å². The van der Waals surface area contributed by atoms with Crippen molar-refractivity contribution in [1.29, 1.82) is 0 Å². The zero-order valence-electron chi connectivity index (χ0n) is 9.25. The van der Waals surface area contributed by atoms with E-state index in [1.807, 2.05) is 12.1 Å². The minimum Gasteiger partial charge on any atom is -0.494 e. The lowest BCUT2D eigenvalue weighted by atomic mass is 10.1. The van der Waals surface area contributed by atoms with Crippen LogP contribution in [0.15, 0.2) is 36.4 Å². The van der Waals surface area contributed by atoms with Crippen LogP contribution in [0.2, 0.25) is 0 Å². The van der Waals surface area contributed by atoms with Crippen molar-refractivity contribution in [2.75, 3.05) is 6.61 Å². The van der Waals surface area contributed by atoms with Gasteiger partial charge in [-0.05, 0) is 43.2 Å². The van der Waals surface area contributed by atoms with Crippen LogP contribution in [0, 0.1) is 0 Å². The molecule has 0 aromatic heterocycles.